The standard InChI is InChI=1S/C26H36N2O8/c1-3-5-21(31)28(13-16-6-4-9-35-16)19-12-18(26(33)27-7-8-29)22-17-10-15(14-30)11-20(34-2)24(17)36-25(22)23(19)32/h10-12,16,19,22-23,25,29-30,32H,3-9,13-14H2,1-2H3,(H,27,33). The first-order valence-electron chi connectivity index (χ1n) is 12.6. The third kappa shape index (κ3) is 5.08. The van der Waals surface area contributed by atoms with Gasteiger partial charge in [-0.15, -0.1) is 0 Å². The van der Waals surface area contributed by atoms with Gasteiger partial charge in [0.1, 0.15) is 12.2 Å². The quantitative estimate of drug-likeness (QED) is 0.364. The maximum absolute atomic E-state index is 13.3. The van der Waals surface area contributed by atoms with Crippen LogP contribution in [0.15, 0.2) is 23.8 Å². The average molecular weight is 505 g/mol. The molecule has 5 unspecified atom stereocenters. The van der Waals surface area contributed by atoms with Crippen LogP contribution in [-0.2, 0) is 20.9 Å². The first kappa shape index (κ1) is 26.4. The Kier molecular flexibility index (Phi) is 8.50. The van der Waals surface area contributed by atoms with Crippen molar-refractivity contribution in [1.29, 1.82) is 0 Å². The van der Waals surface area contributed by atoms with E-state index in [1.807, 2.05) is 6.92 Å². The summed E-state index contributed by atoms with van der Waals surface area (Å²) in [5.41, 5.74) is 1.54. The number of hydrogen-bond acceptors (Lipinski definition) is 8. The van der Waals surface area contributed by atoms with E-state index in [2.05, 4.69) is 5.32 Å². The van der Waals surface area contributed by atoms with Crippen molar-refractivity contribution in [2.24, 2.45) is 0 Å². The molecule has 1 aromatic carbocycles. The van der Waals surface area contributed by atoms with Gasteiger partial charge in [0, 0.05) is 37.3 Å². The fraction of sp³-hybridized carbons (Fsp3) is 0.615. The number of hydrogen-bond donors (Lipinski definition) is 4. The average Bonchev–Trinajstić information content (AvgIpc) is 3.54. The number of rotatable bonds is 10. The van der Waals surface area contributed by atoms with E-state index in [4.69, 9.17) is 14.2 Å². The molecule has 5 atom stereocenters. The molecular weight excluding hydrogens is 468 g/mol. The second kappa shape index (κ2) is 11.6. The molecule has 4 rings (SSSR count). The third-order valence-electron chi connectivity index (χ3n) is 7.06. The largest absolute Gasteiger partial charge is 0.493 e. The van der Waals surface area contributed by atoms with Crippen LogP contribution in [0.4, 0.5) is 0 Å². The van der Waals surface area contributed by atoms with Crippen LogP contribution in [0, 0.1) is 0 Å². The van der Waals surface area contributed by atoms with Crippen molar-refractivity contribution in [2.75, 3.05) is 33.4 Å². The van der Waals surface area contributed by atoms with Gasteiger partial charge in [-0.05, 0) is 43.0 Å². The van der Waals surface area contributed by atoms with Gasteiger partial charge in [0.05, 0.1) is 38.4 Å². The molecule has 3 aliphatic rings. The Morgan fingerprint density at radius 1 is 1.28 bits per heavy atom. The van der Waals surface area contributed by atoms with Crippen LogP contribution in [0.2, 0.25) is 0 Å². The van der Waals surface area contributed by atoms with Crippen LogP contribution in [0.1, 0.15) is 49.7 Å². The second-order valence-electron chi connectivity index (χ2n) is 9.45. The molecule has 10 nitrogen and oxygen atoms in total. The van der Waals surface area contributed by atoms with Crippen molar-refractivity contribution in [1.82, 2.24) is 10.2 Å². The third-order valence-corrected chi connectivity index (χ3v) is 7.06. The molecule has 2 amide bonds. The van der Waals surface area contributed by atoms with Gasteiger partial charge in [-0.25, -0.2) is 0 Å². The number of nitrogens with zero attached hydrogens (tertiary/aromatic N) is 1. The summed E-state index contributed by atoms with van der Waals surface area (Å²) < 4.78 is 17.5. The minimum Gasteiger partial charge on any atom is -0.493 e. The Bertz CT molecular complexity index is 990. The normalized spacial score (nSPS) is 26.5. The highest BCUT2D eigenvalue weighted by molar-refractivity contribution is 5.96. The van der Waals surface area contributed by atoms with Crippen molar-refractivity contribution in [3.05, 3.63) is 34.9 Å². The molecule has 10 heteroatoms. The number of nitrogens with one attached hydrogen (secondary N) is 1. The van der Waals surface area contributed by atoms with Gasteiger partial charge in [0.15, 0.2) is 11.5 Å². The van der Waals surface area contributed by atoms with Gasteiger partial charge in [-0.2, -0.15) is 0 Å². The molecule has 0 aromatic heterocycles. The summed E-state index contributed by atoms with van der Waals surface area (Å²) in [6.45, 7) is 2.46. The second-order valence-corrected chi connectivity index (χ2v) is 9.45. The Balaban J connectivity index is 1.78. The molecule has 198 valence electrons. The van der Waals surface area contributed by atoms with Gasteiger partial charge in [0.2, 0.25) is 11.8 Å². The Hall–Kier alpha value is -2.66. The molecule has 2 aliphatic heterocycles. The number of methoxy groups -OCH3 is 1. The van der Waals surface area contributed by atoms with E-state index in [0.29, 0.717) is 54.2 Å². The lowest BCUT2D eigenvalue weighted by Gasteiger charge is -2.41. The van der Waals surface area contributed by atoms with Crippen LogP contribution in [-0.4, -0.2) is 89.8 Å². The zero-order valence-electron chi connectivity index (χ0n) is 20.8. The molecule has 2 heterocycles. The highest BCUT2D eigenvalue weighted by Gasteiger charge is 2.51. The highest BCUT2D eigenvalue weighted by atomic mass is 16.5. The van der Waals surface area contributed by atoms with E-state index in [-0.39, 0.29) is 31.8 Å². The van der Waals surface area contributed by atoms with Crippen LogP contribution in [0.3, 0.4) is 0 Å². The van der Waals surface area contributed by atoms with E-state index in [0.717, 1.165) is 12.8 Å². The minimum atomic E-state index is -1.12. The van der Waals surface area contributed by atoms with Crippen LogP contribution < -0.4 is 14.8 Å². The number of amides is 2. The van der Waals surface area contributed by atoms with Crippen LogP contribution in [0.5, 0.6) is 11.5 Å². The molecule has 4 N–H and O–H groups in total. The molecule has 1 aromatic rings. The van der Waals surface area contributed by atoms with Crippen LogP contribution in [0.25, 0.3) is 0 Å². The van der Waals surface area contributed by atoms with E-state index in [1.54, 1.807) is 23.1 Å². The van der Waals surface area contributed by atoms with Crippen molar-refractivity contribution >= 4 is 11.8 Å². The molecule has 0 spiro atoms. The molecule has 1 fully saturated rings. The fourth-order valence-corrected chi connectivity index (χ4v) is 5.37. The Morgan fingerprint density at radius 3 is 2.72 bits per heavy atom. The van der Waals surface area contributed by atoms with Gasteiger partial charge in [0.25, 0.3) is 0 Å². The summed E-state index contributed by atoms with van der Waals surface area (Å²) in [6.07, 6.45) is 2.22. The minimum absolute atomic E-state index is 0.0584. The zero-order valence-corrected chi connectivity index (χ0v) is 20.8. The molecule has 0 bridgehead atoms. The van der Waals surface area contributed by atoms with E-state index >= 15 is 0 Å². The van der Waals surface area contributed by atoms with E-state index in [1.165, 1.54) is 7.11 Å². The van der Waals surface area contributed by atoms with Crippen molar-refractivity contribution in [3.63, 3.8) is 0 Å². The summed E-state index contributed by atoms with van der Waals surface area (Å²) in [7, 11) is 1.48. The zero-order chi connectivity index (χ0) is 25.8. The summed E-state index contributed by atoms with van der Waals surface area (Å²) in [6, 6.07) is 2.60. The predicted octanol–water partition coefficient (Wildman–Crippen LogP) is 0.618. The molecular formula is C26H36N2O8. The van der Waals surface area contributed by atoms with E-state index < -0.39 is 30.1 Å². The first-order valence-corrected chi connectivity index (χ1v) is 12.6. The Labute approximate surface area is 210 Å². The highest BCUT2D eigenvalue weighted by Crippen LogP contribution is 2.51. The molecule has 36 heavy (non-hydrogen) atoms. The van der Waals surface area contributed by atoms with Gasteiger partial charge in [-0.3, -0.25) is 9.59 Å². The van der Waals surface area contributed by atoms with Gasteiger partial charge in [-0.1, -0.05) is 6.92 Å². The Morgan fingerprint density at radius 2 is 2.08 bits per heavy atom. The van der Waals surface area contributed by atoms with Gasteiger partial charge < -0.3 is 39.7 Å². The number of fused-ring (bicyclic) bond motifs is 3. The van der Waals surface area contributed by atoms with Crippen LogP contribution >= 0.6 is 0 Å². The first-order chi connectivity index (χ1) is 17.4. The molecule has 1 aliphatic carbocycles. The maximum Gasteiger partial charge on any atom is 0.247 e. The summed E-state index contributed by atoms with van der Waals surface area (Å²) >= 11 is 0. The summed E-state index contributed by atoms with van der Waals surface area (Å²) in [4.78, 5) is 28.1. The molecule has 1 saturated heterocycles. The number of aliphatic hydroxyl groups is 3. The number of aliphatic hydroxyl groups excluding tert-OH is 3. The lowest BCUT2D eigenvalue weighted by molar-refractivity contribution is -0.139. The molecule has 0 saturated carbocycles. The molecule has 0 radical (unpaired) electrons. The number of benzene rings is 1. The van der Waals surface area contributed by atoms with E-state index in [9.17, 15) is 24.9 Å². The predicted molar refractivity (Wildman–Crippen MR) is 130 cm³/mol. The number of ether oxygens (including phenoxy) is 3. The van der Waals surface area contributed by atoms with Crippen molar-refractivity contribution < 1.29 is 39.1 Å². The fourth-order valence-electron chi connectivity index (χ4n) is 5.37. The topological polar surface area (TPSA) is 138 Å². The maximum atomic E-state index is 13.3. The van der Waals surface area contributed by atoms with Crippen molar-refractivity contribution in [2.45, 2.75) is 69.5 Å². The summed E-state index contributed by atoms with van der Waals surface area (Å²) in [5.74, 6) is -0.395. The van der Waals surface area contributed by atoms with Gasteiger partial charge >= 0.3 is 0 Å². The smallest absolute Gasteiger partial charge is 0.247 e. The lowest BCUT2D eigenvalue weighted by atomic mass is 9.77. The van der Waals surface area contributed by atoms with Crippen molar-refractivity contribution in [3.8, 4) is 11.5 Å². The SMILES string of the molecule is CCCC(=O)N(CC1CCCO1)C1C=C(C(=O)NCCO)C2c3cc(CO)cc(OC)c3OC2C1O. The monoisotopic (exact) mass is 504 g/mol. The number of carbonyl (C=O) groups is 2. The lowest BCUT2D eigenvalue weighted by Crippen LogP contribution is -2.57. The summed E-state index contributed by atoms with van der Waals surface area (Å²) in [5, 5.41) is 33.3. The number of carbonyl (C=O) groups excluding carboxylic acids is 2.